The van der Waals surface area contributed by atoms with Crippen LogP contribution in [0.2, 0.25) is 0 Å². The third kappa shape index (κ3) is 8.53. The first-order valence-electron chi connectivity index (χ1n) is 25.8. The lowest BCUT2D eigenvalue weighted by atomic mass is 9.85. The lowest BCUT2D eigenvalue weighted by Gasteiger charge is -2.19. The van der Waals surface area contributed by atoms with Crippen LogP contribution in [-0.4, -0.2) is 14.1 Å². The van der Waals surface area contributed by atoms with E-state index in [4.69, 9.17) is 4.98 Å². The van der Waals surface area contributed by atoms with Gasteiger partial charge in [-0.25, -0.2) is 0 Å². The molecule has 0 aliphatic heterocycles. The maximum Gasteiger partial charge on any atom is 0.0702 e. The quantitative estimate of drug-likeness (QED) is 0.163. The van der Waals surface area contributed by atoms with Crippen LogP contribution in [-0.2, 0) is 21.7 Å². The number of aromatic nitrogens is 3. The van der Waals surface area contributed by atoms with Crippen LogP contribution < -0.4 is 0 Å². The Bertz CT molecular complexity index is 3530. The van der Waals surface area contributed by atoms with Crippen LogP contribution in [0.25, 0.3) is 99.6 Å². The molecule has 0 saturated heterocycles. The molecule has 0 amide bonds. The largest absolute Gasteiger partial charge is 0.309 e. The number of benzene rings is 8. The summed E-state index contributed by atoms with van der Waals surface area (Å²) in [7, 11) is 0. The molecule has 0 aliphatic rings. The molecule has 0 saturated carbocycles. The highest BCUT2D eigenvalue weighted by atomic mass is 15.0. The first-order chi connectivity index (χ1) is 34.2. The molecule has 3 aromatic heterocycles. The van der Waals surface area contributed by atoms with E-state index in [2.05, 4.69) is 268 Å². The summed E-state index contributed by atoms with van der Waals surface area (Å²) in [5.74, 6) is 0. The molecule has 0 bridgehead atoms. The lowest BCUT2D eigenvalue weighted by molar-refractivity contribution is 0.590. The van der Waals surface area contributed by atoms with Gasteiger partial charge in [0, 0.05) is 44.7 Å². The van der Waals surface area contributed by atoms with Crippen LogP contribution >= 0.6 is 0 Å². The summed E-state index contributed by atoms with van der Waals surface area (Å²) in [6.45, 7) is 27.7. The fourth-order valence-corrected chi connectivity index (χ4v) is 10.6. The molecule has 8 aromatic carbocycles. The van der Waals surface area contributed by atoms with Gasteiger partial charge >= 0.3 is 0 Å². The highest BCUT2D eigenvalue weighted by Crippen LogP contribution is 2.42. The van der Waals surface area contributed by atoms with Crippen LogP contribution in [0.15, 0.2) is 188 Å². The van der Waals surface area contributed by atoms with Gasteiger partial charge in [-0.15, -0.1) is 0 Å². The standard InChI is InChI=1S/C69H67N3/c1-66(2,3)51-25-29-62-57(40-51)58-41-52(67(4,5)6)26-30-63(58)71(62)55-22-16-19-45(38-55)49-35-48(44-18-15-21-47(34-44)61-24-13-14-33-70-61)36-50(37-49)46-20-17-23-56(39-46)72-64-31-27-53(68(7,8)9)42-59(64)60-43-54(69(10,11)12)28-32-65(60)72/h13-43H,1-12H3. The average molecular weight is 938 g/mol. The van der Waals surface area contributed by atoms with E-state index in [0.717, 1.165) is 56.0 Å². The van der Waals surface area contributed by atoms with Crippen molar-refractivity contribution in [2.24, 2.45) is 0 Å². The molecule has 0 atom stereocenters. The van der Waals surface area contributed by atoms with E-state index in [1.54, 1.807) is 0 Å². The van der Waals surface area contributed by atoms with Crippen molar-refractivity contribution in [1.82, 2.24) is 14.1 Å². The first-order valence-corrected chi connectivity index (χ1v) is 25.8. The maximum absolute atomic E-state index is 4.73. The highest BCUT2D eigenvalue weighted by Gasteiger charge is 2.24. The number of hydrogen-bond acceptors (Lipinski definition) is 1. The predicted molar refractivity (Wildman–Crippen MR) is 309 cm³/mol. The van der Waals surface area contributed by atoms with Crippen LogP contribution in [0.1, 0.15) is 105 Å². The normalized spacial score (nSPS) is 12.7. The summed E-state index contributed by atoms with van der Waals surface area (Å²) in [6.07, 6.45) is 1.87. The summed E-state index contributed by atoms with van der Waals surface area (Å²) in [6, 6.07) is 68.7. The summed E-state index contributed by atoms with van der Waals surface area (Å²) in [5, 5.41) is 5.16. The average Bonchev–Trinajstić information content (AvgIpc) is 3.87. The van der Waals surface area contributed by atoms with Gasteiger partial charge in [0.25, 0.3) is 0 Å². The molecule has 0 unspecified atom stereocenters. The third-order valence-corrected chi connectivity index (χ3v) is 15.0. The fraction of sp³-hybridized carbons (Fsp3) is 0.232. The minimum atomic E-state index is 0.0271. The number of hydrogen-bond donors (Lipinski definition) is 0. The minimum Gasteiger partial charge on any atom is -0.309 e. The van der Waals surface area contributed by atoms with E-state index in [1.807, 2.05) is 12.3 Å². The molecule has 0 spiro atoms. The molecule has 0 aliphatic carbocycles. The number of rotatable bonds is 6. The number of fused-ring (bicyclic) bond motifs is 6. The second kappa shape index (κ2) is 17.1. The van der Waals surface area contributed by atoms with Gasteiger partial charge in [0.15, 0.2) is 0 Å². The molecule has 0 N–H and O–H groups in total. The summed E-state index contributed by atoms with van der Waals surface area (Å²) >= 11 is 0. The smallest absolute Gasteiger partial charge is 0.0702 e. The van der Waals surface area contributed by atoms with Crippen LogP contribution in [0.3, 0.4) is 0 Å². The maximum atomic E-state index is 4.73. The van der Waals surface area contributed by atoms with Gasteiger partial charge in [-0.3, -0.25) is 4.98 Å². The molecule has 11 rings (SSSR count). The zero-order valence-corrected chi connectivity index (χ0v) is 44.2. The molecular weight excluding hydrogens is 871 g/mol. The molecule has 3 heterocycles. The molecule has 3 nitrogen and oxygen atoms in total. The van der Waals surface area contributed by atoms with Crippen LogP contribution in [0, 0.1) is 0 Å². The van der Waals surface area contributed by atoms with Crippen molar-refractivity contribution in [3.05, 3.63) is 210 Å². The first kappa shape index (κ1) is 46.9. The Morgan fingerprint density at radius 3 is 0.931 bits per heavy atom. The van der Waals surface area contributed by atoms with Crippen molar-refractivity contribution in [2.75, 3.05) is 0 Å². The third-order valence-electron chi connectivity index (χ3n) is 15.0. The van der Waals surface area contributed by atoms with Crippen molar-refractivity contribution in [2.45, 2.75) is 105 Å². The summed E-state index contributed by atoms with van der Waals surface area (Å²) < 4.78 is 4.94. The number of pyridine rings is 1. The molecule has 72 heavy (non-hydrogen) atoms. The second-order valence-corrected chi connectivity index (χ2v) is 24.3. The lowest BCUT2D eigenvalue weighted by Crippen LogP contribution is -2.10. The molecule has 0 fully saturated rings. The predicted octanol–water partition coefficient (Wildman–Crippen LogP) is 19.1. The van der Waals surface area contributed by atoms with Crippen LogP contribution in [0.4, 0.5) is 0 Å². The van der Waals surface area contributed by atoms with E-state index in [9.17, 15) is 0 Å². The van der Waals surface area contributed by atoms with Crippen molar-refractivity contribution >= 4 is 43.6 Å². The Balaban J connectivity index is 1.10. The van der Waals surface area contributed by atoms with Crippen molar-refractivity contribution < 1.29 is 0 Å². The molecule has 3 heteroatoms. The van der Waals surface area contributed by atoms with E-state index in [-0.39, 0.29) is 21.7 Å². The van der Waals surface area contributed by atoms with Crippen molar-refractivity contribution in [3.63, 3.8) is 0 Å². The summed E-state index contributed by atoms with van der Waals surface area (Å²) in [5.41, 5.74) is 21.6. The summed E-state index contributed by atoms with van der Waals surface area (Å²) in [4.78, 5) is 4.73. The zero-order valence-electron chi connectivity index (χ0n) is 44.2. The van der Waals surface area contributed by atoms with Gasteiger partial charge in [0.2, 0.25) is 0 Å². The van der Waals surface area contributed by atoms with Gasteiger partial charge in [-0.05, 0) is 186 Å². The zero-order chi connectivity index (χ0) is 50.5. The monoisotopic (exact) mass is 938 g/mol. The Morgan fingerprint density at radius 2 is 0.597 bits per heavy atom. The molecule has 11 aromatic rings. The Labute approximate surface area is 426 Å². The number of nitrogens with zero attached hydrogens (tertiary/aromatic N) is 3. The van der Waals surface area contributed by atoms with E-state index < -0.39 is 0 Å². The van der Waals surface area contributed by atoms with Gasteiger partial charge in [-0.1, -0.05) is 156 Å². The topological polar surface area (TPSA) is 22.8 Å². The van der Waals surface area contributed by atoms with Gasteiger partial charge in [0.05, 0.1) is 27.8 Å². The van der Waals surface area contributed by atoms with E-state index in [1.165, 1.54) is 65.9 Å². The van der Waals surface area contributed by atoms with Crippen molar-refractivity contribution in [3.8, 4) is 56.0 Å². The van der Waals surface area contributed by atoms with E-state index in [0.29, 0.717) is 0 Å². The molecule has 0 radical (unpaired) electrons. The Morgan fingerprint density at radius 1 is 0.278 bits per heavy atom. The molecule has 358 valence electrons. The Hall–Kier alpha value is -7.49. The fourth-order valence-electron chi connectivity index (χ4n) is 10.6. The van der Waals surface area contributed by atoms with Crippen molar-refractivity contribution in [1.29, 1.82) is 0 Å². The van der Waals surface area contributed by atoms with Gasteiger partial charge in [-0.2, -0.15) is 0 Å². The minimum absolute atomic E-state index is 0.0271. The molecular formula is C69H67N3. The van der Waals surface area contributed by atoms with Gasteiger partial charge < -0.3 is 9.13 Å². The van der Waals surface area contributed by atoms with Crippen LogP contribution in [0.5, 0.6) is 0 Å². The Kier molecular flexibility index (Phi) is 11.1. The second-order valence-electron chi connectivity index (χ2n) is 24.3. The van der Waals surface area contributed by atoms with Gasteiger partial charge in [0.1, 0.15) is 0 Å². The highest BCUT2D eigenvalue weighted by molar-refractivity contribution is 6.11. The SMILES string of the molecule is CC(C)(C)c1ccc2c(c1)c1cc(C(C)(C)C)ccc1n2-c1cccc(-c2cc(-c3cccc(-c4ccccn4)c3)cc(-c3cccc(-n4c5ccc(C(C)(C)C)cc5c5cc(C(C)(C)C)ccc54)c3)c2)c1. The van der Waals surface area contributed by atoms with E-state index >= 15 is 0 Å².